The van der Waals surface area contributed by atoms with Gasteiger partial charge in [0.05, 0.1) is 30.7 Å². The number of nitro benzene ring substituents is 1. The number of hydrogen-bond acceptors (Lipinski definition) is 7. The Bertz CT molecular complexity index is 1440. The second-order valence-electron chi connectivity index (χ2n) is 8.13. The number of imide groups is 1. The summed E-state index contributed by atoms with van der Waals surface area (Å²) in [6.45, 7) is 0. The van der Waals surface area contributed by atoms with Crippen molar-refractivity contribution in [2.24, 2.45) is 0 Å². The zero-order chi connectivity index (χ0) is 25.7. The zero-order valence-corrected chi connectivity index (χ0v) is 19.0. The van der Waals surface area contributed by atoms with Crippen LogP contribution in [0.25, 0.3) is 0 Å². The molecule has 0 saturated carbocycles. The van der Waals surface area contributed by atoms with Crippen molar-refractivity contribution in [3.05, 3.63) is 93.3 Å². The summed E-state index contributed by atoms with van der Waals surface area (Å²) in [6, 6.07) is 11.7. The van der Waals surface area contributed by atoms with Gasteiger partial charge in [-0.2, -0.15) is 0 Å². The highest BCUT2D eigenvalue weighted by Gasteiger charge is 2.58. The number of nitro groups is 1. The van der Waals surface area contributed by atoms with Crippen LogP contribution in [0.1, 0.15) is 32.3 Å². The van der Waals surface area contributed by atoms with Crippen LogP contribution in [0.2, 0.25) is 0 Å². The third kappa shape index (κ3) is 3.28. The van der Waals surface area contributed by atoms with Crippen molar-refractivity contribution < 1.29 is 33.2 Å². The van der Waals surface area contributed by atoms with Gasteiger partial charge in [-0.15, -0.1) is 0 Å². The Hall–Kier alpha value is -4.80. The highest BCUT2D eigenvalue weighted by molar-refractivity contribution is 6.26. The molecule has 0 bridgehead atoms. The number of amides is 3. The number of β-lactam (4-membered cyclic amide) rings is 1. The van der Waals surface area contributed by atoms with Crippen LogP contribution >= 0.6 is 0 Å². The lowest BCUT2D eigenvalue weighted by Gasteiger charge is -2.49. The van der Waals surface area contributed by atoms with E-state index in [1.54, 1.807) is 18.2 Å². The molecule has 2 aliphatic rings. The van der Waals surface area contributed by atoms with Crippen LogP contribution in [0.15, 0.2) is 60.7 Å². The number of halogens is 1. The third-order valence-corrected chi connectivity index (χ3v) is 6.32. The Morgan fingerprint density at radius 2 is 1.56 bits per heavy atom. The molecule has 10 nitrogen and oxygen atoms in total. The first kappa shape index (κ1) is 23.0. The van der Waals surface area contributed by atoms with Gasteiger partial charge in [0, 0.05) is 11.8 Å². The van der Waals surface area contributed by atoms with Crippen molar-refractivity contribution >= 4 is 29.1 Å². The molecule has 3 aromatic rings. The summed E-state index contributed by atoms with van der Waals surface area (Å²) < 4.78 is 24.2. The molecule has 3 aromatic carbocycles. The molecule has 2 atom stereocenters. The smallest absolute Gasteiger partial charge is 0.282 e. The molecule has 2 unspecified atom stereocenters. The third-order valence-electron chi connectivity index (χ3n) is 6.32. The van der Waals surface area contributed by atoms with E-state index in [0.717, 1.165) is 11.0 Å². The van der Waals surface area contributed by atoms with Crippen molar-refractivity contribution in [2.75, 3.05) is 19.1 Å². The van der Waals surface area contributed by atoms with Crippen LogP contribution in [0.4, 0.5) is 15.8 Å². The summed E-state index contributed by atoms with van der Waals surface area (Å²) in [7, 11) is 2.90. The molecule has 3 amide bonds. The van der Waals surface area contributed by atoms with Crippen molar-refractivity contribution in [2.45, 2.75) is 12.1 Å². The quantitative estimate of drug-likeness (QED) is 0.224. The number of carbonyl (C=O) groups excluding carboxylic acids is 3. The molecule has 2 aliphatic heterocycles. The Morgan fingerprint density at radius 3 is 2.19 bits per heavy atom. The fourth-order valence-corrected chi connectivity index (χ4v) is 4.67. The second-order valence-corrected chi connectivity index (χ2v) is 8.13. The van der Waals surface area contributed by atoms with Crippen LogP contribution < -0.4 is 14.4 Å². The Morgan fingerprint density at radius 1 is 0.861 bits per heavy atom. The number of fused-ring (bicyclic) bond motifs is 1. The van der Waals surface area contributed by atoms with Gasteiger partial charge in [-0.05, 0) is 48.0 Å². The second kappa shape index (κ2) is 8.45. The van der Waals surface area contributed by atoms with E-state index in [1.807, 2.05) is 0 Å². The SMILES string of the molecule is COc1ccc(C2C(N3C(=O)c4cccc([N+](=O)[O-])c4C3=O)C(=O)N2c2ccc(F)cc2)cc1OC. The maximum Gasteiger partial charge on any atom is 0.282 e. The van der Waals surface area contributed by atoms with E-state index in [0.29, 0.717) is 22.7 Å². The number of anilines is 1. The minimum atomic E-state index is -1.29. The minimum absolute atomic E-state index is 0.145. The highest BCUT2D eigenvalue weighted by atomic mass is 19.1. The molecule has 0 aliphatic carbocycles. The van der Waals surface area contributed by atoms with Gasteiger partial charge < -0.3 is 14.4 Å². The number of rotatable bonds is 6. The van der Waals surface area contributed by atoms with Crippen LogP contribution in [-0.2, 0) is 4.79 Å². The van der Waals surface area contributed by atoms with Crippen LogP contribution in [-0.4, -0.2) is 47.8 Å². The summed E-state index contributed by atoms with van der Waals surface area (Å²) in [5.74, 6) is -2.05. The normalized spacial score (nSPS) is 18.7. The van der Waals surface area contributed by atoms with Crippen LogP contribution in [0.5, 0.6) is 11.5 Å². The maximum atomic E-state index is 13.6. The van der Waals surface area contributed by atoms with E-state index in [4.69, 9.17) is 9.47 Å². The van der Waals surface area contributed by atoms with E-state index in [9.17, 15) is 28.9 Å². The summed E-state index contributed by atoms with van der Waals surface area (Å²) in [4.78, 5) is 52.9. The number of carbonyl (C=O) groups is 3. The lowest BCUT2D eigenvalue weighted by molar-refractivity contribution is -0.385. The topological polar surface area (TPSA) is 119 Å². The summed E-state index contributed by atoms with van der Waals surface area (Å²) in [5, 5.41) is 11.5. The Labute approximate surface area is 203 Å². The average Bonchev–Trinajstić information content (AvgIpc) is 3.13. The number of benzene rings is 3. The van der Waals surface area contributed by atoms with Gasteiger partial charge >= 0.3 is 0 Å². The molecule has 182 valence electrons. The summed E-state index contributed by atoms with van der Waals surface area (Å²) >= 11 is 0. The molecule has 5 rings (SSSR count). The lowest BCUT2D eigenvalue weighted by Crippen LogP contribution is -2.67. The molecule has 1 fully saturated rings. The first-order valence-corrected chi connectivity index (χ1v) is 10.7. The minimum Gasteiger partial charge on any atom is -0.493 e. The van der Waals surface area contributed by atoms with Gasteiger partial charge in [0.2, 0.25) is 0 Å². The van der Waals surface area contributed by atoms with E-state index < -0.39 is 46.2 Å². The van der Waals surface area contributed by atoms with Gasteiger partial charge in [0.25, 0.3) is 23.4 Å². The number of methoxy groups -OCH3 is 2. The predicted molar refractivity (Wildman–Crippen MR) is 124 cm³/mol. The molecule has 0 radical (unpaired) electrons. The fraction of sp³-hybridized carbons (Fsp3) is 0.160. The maximum absolute atomic E-state index is 13.6. The molecule has 0 spiro atoms. The molecule has 0 aromatic heterocycles. The van der Waals surface area contributed by atoms with Gasteiger partial charge in [0.15, 0.2) is 11.5 Å². The monoisotopic (exact) mass is 491 g/mol. The molecule has 36 heavy (non-hydrogen) atoms. The van der Waals surface area contributed by atoms with E-state index in [1.165, 1.54) is 55.5 Å². The van der Waals surface area contributed by atoms with Crippen molar-refractivity contribution in [3.8, 4) is 11.5 Å². The molecule has 2 heterocycles. The first-order chi connectivity index (χ1) is 17.3. The Kier molecular flexibility index (Phi) is 5.39. The number of hydrogen-bond donors (Lipinski definition) is 0. The molecule has 0 N–H and O–H groups in total. The van der Waals surface area contributed by atoms with Gasteiger partial charge in [-0.1, -0.05) is 12.1 Å². The first-order valence-electron chi connectivity index (χ1n) is 10.7. The molecular formula is C25H18FN3O7. The predicted octanol–water partition coefficient (Wildman–Crippen LogP) is 3.50. The lowest BCUT2D eigenvalue weighted by atomic mass is 9.86. The van der Waals surface area contributed by atoms with E-state index in [2.05, 4.69) is 0 Å². The van der Waals surface area contributed by atoms with E-state index in [-0.39, 0.29) is 11.1 Å². The highest BCUT2D eigenvalue weighted by Crippen LogP contribution is 2.46. The van der Waals surface area contributed by atoms with Crippen molar-refractivity contribution in [1.82, 2.24) is 4.90 Å². The van der Waals surface area contributed by atoms with E-state index >= 15 is 0 Å². The zero-order valence-electron chi connectivity index (χ0n) is 19.0. The Balaban J connectivity index is 1.62. The molecular weight excluding hydrogens is 473 g/mol. The number of ether oxygens (including phenoxy) is 2. The molecule has 11 heteroatoms. The van der Waals surface area contributed by atoms with Gasteiger partial charge in [-0.25, -0.2) is 4.39 Å². The van der Waals surface area contributed by atoms with Crippen LogP contribution in [0.3, 0.4) is 0 Å². The van der Waals surface area contributed by atoms with Crippen molar-refractivity contribution in [3.63, 3.8) is 0 Å². The largest absolute Gasteiger partial charge is 0.493 e. The van der Waals surface area contributed by atoms with Crippen LogP contribution in [0, 0.1) is 15.9 Å². The summed E-state index contributed by atoms with van der Waals surface area (Å²) in [5.41, 5.74) is -0.161. The summed E-state index contributed by atoms with van der Waals surface area (Å²) in [6.07, 6.45) is 0. The van der Waals surface area contributed by atoms with Crippen molar-refractivity contribution in [1.29, 1.82) is 0 Å². The number of nitrogens with zero attached hydrogens (tertiary/aromatic N) is 3. The van der Waals surface area contributed by atoms with Gasteiger partial charge in [0.1, 0.15) is 17.4 Å². The average molecular weight is 491 g/mol. The van der Waals surface area contributed by atoms with Gasteiger partial charge in [-0.3, -0.25) is 29.4 Å². The molecule has 1 saturated heterocycles. The standard InChI is InChI=1S/C25H18FN3O7/c1-35-18-11-6-13(12-19(18)36-2)21-22(25(32)27(21)15-9-7-14(26)8-10-15)28-23(30)16-4-3-5-17(29(33)34)20(16)24(28)31/h3-12,21-22H,1-2H3. The fourth-order valence-electron chi connectivity index (χ4n) is 4.67.